The molecule has 5 N–H and O–H groups in total. The van der Waals surface area contributed by atoms with Gasteiger partial charge in [-0.2, -0.15) is 0 Å². The van der Waals surface area contributed by atoms with E-state index in [1.807, 2.05) is 24.3 Å². The lowest BCUT2D eigenvalue weighted by Crippen LogP contribution is -1.95. The lowest BCUT2D eigenvalue weighted by Gasteiger charge is -2.06. The zero-order chi connectivity index (χ0) is 11.5. The molecular formula is C13H14N2O. The molecule has 0 amide bonds. The summed E-state index contributed by atoms with van der Waals surface area (Å²) >= 11 is 0. The van der Waals surface area contributed by atoms with E-state index in [1.54, 1.807) is 18.2 Å². The van der Waals surface area contributed by atoms with Gasteiger partial charge >= 0.3 is 0 Å². The summed E-state index contributed by atoms with van der Waals surface area (Å²) in [6, 6.07) is 12.8. The molecule has 0 saturated carbocycles. The lowest BCUT2D eigenvalue weighted by molar-refractivity contribution is 0.477. The van der Waals surface area contributed by atoms with E-state index in [9.17, 15) is 5.11 Å². The Balaban J connectivity index is 2.45. The van der Waals surface area contributed by atoms with E-state index >= 15 is 0 Å². The lowest BCUT2D eigenvalue weighted by atomic mass is 10.0. The van der Waals surface area contributed by atoms with Gasteiger partial charge in [-0.05, 0) is 29.3 Å². The molecule has 2 rings (SSSR count). The SMILES string of the molecule is NCc1ccc(-c2cc(N)ccc2O)cc1. The Labute approximate surface area is 94.3 Å². The van der Waals surface area contributed by atoms with Crippen LogP contribution >= 0.6 is 0 Å². The van der Waals surface area contributed by atoms with Gasteiger partial charge in [0.15, 0.2) is 0 Å². The van der Waals surface area contributed by atoms with Crippen LogP contribution in [0.3, 0.4) is 0 Å². The van der Waals surface area contributed by atoms with E-state index in [0.29, 0.717) is 12.2 Å². The highest BCUT2D eigenvalue weighted by Gasteiger charge is 2.04. The molecule has 0 aliphatic rings. The third kappa shape index (κ3) is 1.99. The number of nitrogens with two attached hydrogens (primary N) is 2. The van der Waals surface area contributed by atoms with E-state index in [1.165, 1.54) is 0 Å². The molecule has 16 heavy (non-hydrogen) atoms. The highest BCUT2D eigenvalue weighted by atomic mass is 16.3. The molecule has 0 atom stereocenters. The summed E-state index contributed by atoms with van der Waals surface area (Å²) < 4.78 is 0. The first kappa shape index (κ1) is 10.5. The molecule has 3 heteroatoms. The molecule has 2 aromatic rings. The van der Waals surface area contributed by atoms with Gasteiger partial charge in [-0.1, -0.05) is 24.3 Å². The van der Waals surface area contributed by atoms with Crippen LogP contribution in [0, 0.1) is 0 Å². The van der Waals surface area contributed by atoms with E-state index < -0.39 is 0 Å². The van der Waals surface area contributed by atoms with E-state index in [-0.39, 0.29) is 5.75 Å². The first-order valence-electron chi connectivity index (χ1n) is 5.08. The van der Waals surface area contributed by atoms with Crippen LogP contribution in [0.25, 0.3) is 11.1 Å². The topological polar surface area (TPSA) is 72.3 Å². The van der Waals surface area contributed by atoms with E-state index in [0.717, 1.165) is 16.7 Å². The fourth-order valence-electron chi connectivity index (χ4n) is 1.61. The Morgan fingerprint density at radius 2 is 1.69 bits per heavy atom. The highest BCUT2D eigenvalue weighted by molar-refractivity contribution is 5.73. The first-order valence-corrected chi connectivity index (χ1v) is 5.08. The van der Waals surface area contributed by atoms with Crippen LogP contribution in [-0.4, -0.2) is 5.11 Å². The second kappa shape index (κ2) is 4.24. The van der Waals surface area contributed by atoms with Gasteiger partial charge in [0.25, 0.3) is 0 Å². The molecule has 0 aromatic heterocycles. The molecule has 0 bridgehead atoms. The summed E-state index contributed by atoms with van der Waals surface area (Å²) in [5.74, 6) is 0.231. The number of benzene rings is 2. The van der Waals surface area contributed by atoms with Gasteiger partial charge in [0, 0.05) is 17.8 Å². The van der Waals surface area contributed by atoms with Crippen molar-refractivity contribution in [2.24, 2.45) is 5.73 Å². The van der Waals surface area contributed by atoms with Gasteiger partial charge in [-0.3, -0.25) is 0 Å². The molecule has 0 fully saturated rings. The minimum absolute atomic E-state index is 0.231. The predicted molar refractivity (Wildman–Crippen MR) is 65.8 cm³/mol. The Morgan fingerprint density at radius 3 is 2.31 bits per heavy atom. The monoisotopic (exact) mass is 214 g/mol. The molecule has 0 spiro atoms. The smallest absolute Gasteiger partial charge is 0.123 e. The molecule has 3 nitrogen and oxygen atoms in total. The van der Waals surface area contributed by atoms with Crippen LogP contribution in [0.1, 0.15) is 5.56 Å². The van der Waals surface area contributed by atoms with Gasteiger partial charge in [-0.25, -0.2) is 0 Å². The van der Waals surface area contributed by atoms with Gasteiger partial charge in [-0.15, -0.1) is 0 Å². The van der Waals surface area contributed by atoms with Crippen LogP contribution in [-0.2, 0) is 6.54 Å². The Morgan fingerprint density at radius 1 is 1.00 bits per heavy atom. The second-order valence-corrected chi connectivity index (χ2v) is 3.68. The number of hydrogen-bond donors (Lipinski definition) is 3. The van der Waals surface area contributed by atoms with Gasteiger partial charge in [0.1, 0.15) is 5.75 Å². The van der Waals surface area contributed by atoms with Crippen molar-refractivity contribution >= 4 is 5.69 Å². The van der Waals surface area contributed by atoms with Crippen molar-refractivity contribution in [3.63, 3.8) is 0 Å². The number of phenols is 1. The number of anilines is 1. The molecule has 0 radical (unpaired) electrons. The third-order valence-electron chi connectivity index (χ3n) is 2.52. The molecule has 0 heterocycles. The maximum Gasteiger partial charge on any atom is 0.123 e. The average molecular weight is 214 g/mol. The van der Waals surface area contributed by atoms with Crippen LogP contribution < -0.4 is 11.5 Å². The van der Waals surface area contributed by atoms with E-state index in [4.69, 9.17) is 11.5 Å². The maximum atomic E-state index is 9.73. The summed E-state index contributed by atoms with van der Waals surface area (Å²) in [5, 5.41) is 9.73. The fourth-order valence-corrected chi connectivity index (χ4v) is 1.61. The maximum absolute atomic E-state index is 9.73. The number of phenolic OH excluding ortho intramolecular Hbond substituents is 1. The standard InChI is InChI=1S/C13H14N2O/c14-8-9-1-3-10(4-2-9)12-7-11(15)5-6-13(12)16/h1-7,16H,8,14-15H2. The third-order valence-corrected chi connectivity index (χ3v) is 2.52. The van der Waals surface area contributed by atoms with Crippen molar-refractivity contribution in [2.75, 3.05) is 5.73 Å². The first-order chi connectivity index (χ1) is 7.70. The molecular weight excluding hydrogens is 200 g/mol. The van der Waals surface area contributed by atoms with Gasteiger partial charge < -0.3 is 16.6 Å². The molecule has 82 valence electrons. The number of rotatable bonds is 2. The summed E-state index contributed by atoms with van der Waals surface area (Å²) in [6.45, 7) is 0.517. The predicted octanol–water partition coefficient (Wildman–Crippen LogP) is 2.10. The number of hydrogen-bond acceptors (Lipinski definition) is 3. The summed E-state index contributed by atoms with van der Waals surface area (Å²) in [4.78, 5) is 0. The van der Waals surface area contributed by atoms with Crippen molar-refractivity contribution in [1.29, 1.82) is 0 Å². The average Bonchev–Trinajstić information content (AvgIpc) is 2.32. The Hall–Kier alpha value is -2.00. The Kier molecular flexibility index (Phi) is 2.79. The largest absolute Gasteiger partial charge is 0.507 e. The minimum Gasteiger partial charge on any atom is -0.507 e. The van der Waals surface area contributed by atoms with Gasteiger partial charge in [0.2, 0.25) is 0 Å². The molecule has 0 saturated heterocycles. The van der Waals surface area contributed by atoms with E-state index in [2.05, 4.69) is 0 Å². The zero-order valence-corrected chi connectivity index (χ0v) is 8.85. The van der Waals surface area contributed by atoms with Crippen LogP contribution in [0.15, 0.2) is 42.5 Å². The van der Waals surface area contributed by atoms with Crippen molar-refractivity contribution in [1.82, 2.24) is 0 Å². The number of nitrogen functional groups attached to an aromatic ring is 1. The fraction of sp³-hybridized carbons (Fsp3) is 0.0769. The molecule has 0 aliphatic heterocycles. The molecule has 0 aliphatic carbocycles. The number of aromatic hydroxyl groups is 1. The van der Waals surface area contributed by atoms with Crippen LogP contribution in [0.2, 0.25) is 0 Å². The van der Waals surface area contributed by atoms with Crippen LogP contribution in [0.5, 0.6) is 5.75 Å². The zero-order valence-electron chi connectivity index (χ0n) is 8.85. The summed E-state index contributed by atoms with van der Waals surface area (Å²) in [5.41, 5.74) is 14.6. The van der Waals surface area contributed by atoms with Crippen LogP contribution in [0.4, 0.5) is 5.69 Å². The van der Waals surface area contributed by atoms with Gasteiger partial charge in [0.05, 0.1) is 0 Å². The van der Waals surface area contributed by atoms with Crippen molar-refractivity contribution in [3.05, 3.63) is 48.0 Å². The molecule has 0 unspecified atom stereocenters. The van der Waals surface area contributed by atoms with Crippen molar-refractivity contribution in [3.8, 4) is 16.9 Å². The normalized spacial score (nSPS) is 10.3. The molecule has 2 aromatic carbocycles. The summed E-state index contributed by atoms with van der Waals surface area (Å²) in [7, 11) is 0. The highest BCUT2D eigenvalue weighted by Crippen LogP contribution is 2.30. The quantitative estimate of drug-likeness (QED) is 0.529. The van der Waals surface area contributed by atoms with Crippen molar-refractivity contribution in [2.45, 2.75) is 6.54 Å². The minimum atomic E-state index is 0.231. The summed E-state index contributed by atoms with van der Waals surface area (Å²) in [6.07, 6.45) is 0. The Bertz CT molecular complexity index is 492. The van der Waals surface area contributed by atoms with Crippen molar-refractivity contribution < 1.29 is 5.11 Å². The second-order valence-electron chi connectivity index (χ2n) is 3.68.